The van der Waals surface area contributed by atoms with E-state index in [0.29, 0.717) is 16.7 Å². The number of esters is 1. The van der Waals surface area contributed by atoms with E-state index in [1.165, 1.54) is 0 Å². The van der Waals surface area contributed by atoms with Gasteiger partial charge in [-0.25, -0.2) is 4.79 Å². The van der Waals surface area contributed by atoms with Crippen LogP contribution in [0, 0.1) is 0 Å². The third kappa shape index (κ3) is 4.73. The summed E-state index contributed by atoms with van der Waals surface area (Å²) in [6.07, 6.45) is 2.19. The van der Waals surface area contributed by atoms with Gasteiger partial charge in [-0.1, -0.05) is 42.5 Å². The van der Waals surface area contributed by atoms with Crippen LogP contribution in [0.1, 0.15) is 66.3 Å². The van der Waals surface area contributed by atoms with Gasteiger partial charge in [0.05, 0.1) is 5.56 Å². The molecule has 0 spiro atoms. The van der Waals surface area contributed by atoms with Gasteiger partial charge < -0.3 is 9.64 Å². The van der Waals surface area contributed by atoms with Crippen LogP contribution < -0.4 is 0 Å². The van der Waals surface area contributed by atoms with Gasteiger partial charge in [-0.05, 0) is 52.2 Å². The molecule has 1 aliphatic rings. The molecule has 3 rings (SSSR count). The topological polar surface area (TPSA) is 63.7 Å². The second-order valence-electron chi connectivity index (χ2n) is 7.69. The number of nitrogens with zero attached hydrogens (tertiary/aromatic N) is 1. The van der Waals surface area contributed by atoms with Crippen LogP contribution in [0.4, 0.5) is 0 Å². The van der Waals surface area contributed by atoms with Gasteiger partial charge in [0, 0.05) is 23.2 Å². The molecule has 0 unspecified atom stereocenters. The van der Waals surface area contributed by atoms with E-state index in [0.717, 1.165) is 19.3 Å². The van der Waals surface area contributed by atoms with E-state index in [4.69, 9.17) is 4.74 Å². The summed E-state index contributed by atoms with van der Waals surface area (Å²) in [6.45, 7) is 5.68. The third-order valence-corrected chi connectivity index (χ3v) is 5.50. The average molecular weight is 393 g/mol. The van der Waals surface area contributed by atoms with Crippen molar-refractivity contribution in [3.05, 3.63) is 71.3 Å². The Morgan fingerprint density at radius 3 is 1.97 bits per heavy atom. The minimum Gasteiger partial charge on any atom is -0.449 e. The fourth-order valence-corrected chi connectivity index (χ4v) is 3.86. The van der Waals surface area contributed by atoms with Crippen molar-refractivity contribution in [2.24, 2.45) is 0 Å². The minimum absolute atomic E-state index is 0.109. The van der Waals surface area contributed by atoms with E-state index in [1.807, 2.05) is 24.8 Å². The molecule has 2 aromatic rings. The summed E-state index contributed by atoms with van der Waals surface area (Å²) >= 11 is 0. The maximum Gasteiger partial charge on any atom is 0.338 e. The van der Waals surface area contributed by atoms with Crippen LogP contribution in [0.3, 0.4) is 0 Å². The van der Waals surface area contributed by atoms with Gasteiger partial charge in [0.1, 0.15) is 0 Å². The Balaban J connectivity index is 1.64. The highest BCUT2D eigenvalue weighted by Crippen LogP contribution is 2.24. The Morgan fingerprint density at radius 1 is 0.862 bits per heavy atom. The predicted molar refractivity (Wildman–Crippen MR) is 111 cm³/mol. The lowest BCUT2D eigenvalue weighted by molar-refractivity contribution is -0.146. The van der Waals surface area contributed by atoms with Gasteiger partial charge >= 0.3 is 5.97 Å². The molecule has 0 bridgehead atoms. The zero-order chi connectivity index (χ0) is 21.0. The van der Waals surface area contributed by atoms with Crippen molar-refractivity contribution in [3.8, 4) is 0 Å². The second-order valence-corrected chi connectivity index (χ2v) is 7.69. The standard InChI is InChI=1S/C24H27NO4/c1-16-8-7-9-17(2)25(16)23(27)18(3)29-24(28)21-14-12-20(13-15-21)22(26)19-10-5-4-6-11-19/h4-6,10-18H,7-9H2,1-3H3/t16-,17+,18-/m1/s1. The fraction of sp³-hybridized carbons (Fsp3) is 0.375. The third-order valence-electron chi connectivity index (χ3n) is 5.50. The Hall–Kier alpha value is -2.95. The van der Waals surface area contributed by atoms with Crippen molar-refractivity contribution in [3.63, 3.8) is 0 Å². The summed E-state index contributed by atoms with van der Waals surface area (Å²) < 4.78 is 5.42. The summed E-state index contributed by atoms with van der Waals surface area (Å²) in [5.41, 5.74) is 1.40. The molecular formula is C24H27NO4. The number of benzene rings is 2. The van der Waals surface area contributed by atoms with Crippen LogP contribution in [-0.4, -0.2) is 40.7 Å². The summed E-state index contributed by atoms with van der Waals surface area (Å²) in [4.78, 5) is 39.6. The molecule has 0 aromatic heterocycles. The van der Waals surface area contributed by atoms with Crippen LogP contribution in [-0.2, 0) is 9.53 Å². The van der Waals surface area contributed by atoms with Crippen molar-refractivity contribution < 1.29 is 19.1 Å². The number of amides is 1. The zero-order valence-electron chi connectivity index (χ0n) is 17.1. The normalized spacial score (nSPS) is 20.0. The lowest BCUT2D eigenvalue weighted by Crippen LogP contribution is -2.51. The SMILES string of the molecule is C[C@@H]1CCC[C@H](C)N1C(=O)[C@@H](C)OC(=O)c1ccc(C(=O)c2ccccc2)cc1. The quantitative estimate of drug-likeness (QED) is 0.563. The van der Waals surface area contributed by atoms with Crippen molar-refractivity contribution >= 4 is 17.7 Å². The summed E-state index contributed by atoms with van der Waals surface area (Å²) in [6, 6.07) is 15.6. The average Bonchev–Trinajstić information content (AvgIpc) is 2.73. The molecule has 5 nitrogen and oxygen atoms in total. The largest absolute Gasteiger partial charge is 0.449 e. The lowest BCUT2D eigenvalue weighted by Gasteiger charge is -2.40. The Labute approximate surface area is 171 Å². The molecule has 0 saturated carbocycles. The maximum atomic E-state index is 12.8. The number of carbonyl (C=O) groups excluding carboxylic acids is 3. The molecule has 1 aliphatic heterocycles. The van der Waals surface area contributed by atoms with Gasteiger partial charge in [0.15, 0.2) is 11.9 Å². The number of hydrogen-bond acceptors (Lipinski definition) is 4. The Morgan fingerprint density at radius 2 is 1.38 bits per heavy atom. The molecule has 1 saturated heterocycles. The van der Waals surface area contributed by atoms with Crippen LogP contribution in [0.25, 0.3) is 0 Å². The van der Waals surface area contributed by atoms with Gasteiger partial charge in [-0.2, -0.15) is 0 Å². The number of ether oxygens (including phenoxy) is 1. The molecule has 1 fully saturated rings. The molecule has 0 N–H and O–H groups in total. The first-order chi connectivity index (χ1) is 13.9. The molecule has 1 heterocycles. The monoisotopic (exact) mass is 393 g/mol. The van der Waals surface area contributed by atoms with Crippen molar-refractivity contribution in [2.75, 3.05) is 0 Å². The van der Waals surface area contributed by atoms with Crippen LogP contribution in [0.5, 0.6) is 0 Å². The fourth-order valence-electron chi connectivity index (χ4n) is 3.86. The summed E-state index contributed by atoms with van der Waals surface area (Å²) in [7, 11) is 0. The molecule has 29 heavy (non-hydrogen) atoms. The number of hydrogen-bond donors (Lipinski definition) is 0. The number of carbonyl (C=O) groups is 3. The van der Waals surface area contributed by atoms with E-state index >= 15 is 0 Å². The maximum absolute atomic E-state index is 12.8. The highest BCUT2D eigenvalue weighted by atomic mass is 16.5. The van der Waals surface area contributed by atoms with Crippen LogP contribution >= 0.6 is 0 Å². The molecule has 3 atom stereocenters. The lowest BCUT2D eigenvalue weighted by atomic mass is 9.97. The van der Waals surface area contributed by atoms with Crippen LogP contribution in [0.2, 0.25) is 0 Å². The number of piperidine rings is 1. The minimum atomic E-state index is -0.851. The number of likely N-dealkylation sites (tertiary alicyclic amines) is 1. The number of ketones is 1. The molecule has 5 heteroatoms. The highest BCUT2D eigenvalue weighted by Gasteiger charge is 2.33. The molecular weight excluding hydrogens is 366 g/mol. The smallest absolute Gasteiger partial charge is 0.338 e. The first kappa shape index (κ1) is 20.8. The molecule has 0 aliphatic carbocycles. The van der Waals surface area contributed by atoms with E-state index in [2.05, 4.69) is 0 Å². The van der Waals surface area contributed by atoms with Crippen molar-refractivity contribution in [2.45, 2.75) is 58.2 Å². The molecule has 0 radical (unpaired) electrons. The van der Waals surface area contributed by atoms with Gasteiger partial charge in [-0.3, -0.25) is 9.59 Å². The zero-order valence-corrected chi connectivity index (χ0v) is 17.1. The second kappa shape index (κ2) is 9.03. The van der Waals surface area contributed by atoms with E-state index in [-0.39, 0.29) is 23.8 Å². The number of rotatable bonds is 5. The van der Waals surface area contributed by atoms with E-state index in [1.54, 1.807) is 55.5 Å². The molecule has 2 aromatic carbocycles. The predicted octanol–water partition coefficient (Wildman–Crippen LogP) is 4.25. The summed E-state index contributed by atoms with van der Waals surface area (Å²) in [5, 5.41) is 0. The van der Waals surface area contributed by atoms with E-state index in [9.17, 15) is 14.4 Å². The van der Waals surface area contributed by atoms with Crippen molar-refractivity contribution in [1.29, 1.82) is 0 Å². The Bertz CT molecular complexity index is 866. The van der Waals surface area contributed by atoms with Gasteiger partial charge in [0.25, 0.3) is 5.91 Å². The first-order valence-electron chi connectivity index (χ1n) is 10.1. The van der Waals surface area contributed by atoms with Gasteiger partial charge in [0.2, 0.25) is 0 Å². The highest BCUT2D eigenvalue weighted by molar-refractivity contribution is 6.09. The van der Waals surface area contributed by atoms with Gasteiger partial charge in [-0.15, -0.1) is 0 Å². The van der Waals surface area contributed by atoms with Crippen molar-refractivity contribution in [1.82, 2.24) is 4.90 Å². The molecule has 1 amide bonds. The van der Waals surface area contributed by atoms with Crippen LogP contribution in [0.15, 0.2) is 54.6 Å². The molecule has 152 valence electrons. The Kier molecular flexibility index (Phi) is 6.47. The first-order valence-corrected chi connectivity index (χ1v) is 10.1. The van der Waals surface area contributed by atoms with E-state index < -0.39 is 12.1 Å². The summed E-state index contributed by atoms with van der Waals surface area (Å²) in [5.74, 6) is -0.835.